The molecule has 0 aliphatic rings. The van der Waals surface area contributed by atoms with Gasteiger partial charge < -0.3 is 20.7 Å². The second-order valence-electron chi connectivity index (χ2n) is 5.23. The Morgan fingerprint density at radius 2 is 1.56 bits per heavy atom. The summed E-state index contributed by atoms with van der Waals surface area (Å²) >= 11 is 0. The average Bonchev–Trinajstić information content (AvgIpc) is 2.44. The van der Waals surface area contributed by atoms with E-state index in [-0.39, 0.29) is 83.3 Å². The number of primary amides is 1. The molecule has 0 atom stereocenters. The van der Waals surface area contributed by atoms with Crippen LogP contribution >= 0.6 is 0 Å². The van der Waals surface area contributed by atoms with Crippen molar-refractivity contribution in [1.29, 1.82) is 0 Å². The minimum Gasteiger partial charge on any atom is -0.484 e. The number of carbonyl (C=O) groups is 3. The minimum atomic E-state index is -1.26. The largest absolute Gasteiger partial charge is 0.484 e. The van der Waals surface area contributed by atoms with Crippen LogP contribution in [0.4, 0.5) is 0 Å². The summed E-state index contributed by atoms with van der Waals surface area (Å²) in [5.41, 5.74) is 5.31. The molecule has 0 unspecified atom stereocenters. The molecule has 1 rings (SSSR count). The van der Waals surface area contributed by atoms with Crippen LogP contribution in [0.15, 0.2) is 35.4 Å². The van der Waals surface area contributed by atoms with Crippen molar-refractivity contribution in [1.82, 2.24) is 0 Å². The van der Waals surface area contributed by atoms with Crippen molar-refractivity contribution in [2.75, 3.05) is 6.61 Å². The SMILES string of the molecule is CC(C)/C(C(=O)O)=C(\Cc1ccc(OCC(N)=O)cc1)C(=O)O.[Na].[Na]. The van der Waals surface area contributed by atoms with Crippen molar-refractivity contribution in [3.05, 3.63) is 41.0 Å². The van der Waals surface area contributed by atoms with Crippen molar-refractivity contribution in [3.8, 4) is 5.75 Å². The molecule has 25 heavy (non-hydrogen) atoms. The quantitative estimate of drug-likeness (QED) is 0.452. The summed E-state index contributed by atoms with van der Waals surface area (Å²) < 4.78 is 5.10. The Bertz CT molecular complexity index is 641. The van der Waals surface area contributed by atoms with Crippen LogP contribution in [-0.4, -0.2) is 93.8 Å². The van der Waals surface area contributed by atoms with E-state index < -0.39 is 23.8 Å². The Hall–Kier alpha value is -0.830. The third-order valence-electron chi connectivity index (χ3n) is 3.08. The number of benzene rings is 1. The molecule has 126 valence electrons. The molecule has 0 saturated heterocycles. The molecule has 0 saturated carbocycles. The van der Waals surface area contributed by atoms with Crippen molar-refractivity contribution in [3.63, 3.8) is 0 Å². The normalized spacial score (nSPS) is 10.8. The van der Waals surface area contributed by atoms with E-state index in [0.29, 0.717) is 11.3 Å². The smallest absolute Gasteiger partial charge is 0.332 e. The number of aliphatic carboxylic acids is 2. The van der Waals surface area contributed by atoms with Crippen molar-refractivity contribution in [2.24, 2.45) is 11.7 Å². The number of ether oxygens (including phenoxy) is 1. The van der Waals surface area contributed by atoms with E-state index >= 15 is 0 Å². The van der Waals surface area contributed by atoms with Crippen molar-refractivity contribution >= 4 is 77.0 Å². The van der Waals surface area contributed by atoms with Crippen LogP contribution in [0.1, 0.15) is 19.4 Å². The standard InChI is InChI=1S/C16H19NO6.2Na/c1-9(2)14(16(21)22)12(15(19)20)7-10-3-5-11(6-4-10)23-8-13(17)18;;/h3-6,9H,7-8H2,1-2H3,(H2,17,18)(H,19,20)(H,21,22);;/b14-12-;;. The van der Waals surface area contributed by atoms with Gasteiger partial charge in [-0.25, -0.2) is 9.59 Å². The first-order valence-corrected chi connectivity index (χ1v) is 6.92. The Balaban J connectivity index is 0. The summed E-state index contributed by atoms with van der Waals surface area (Å²) in [4.78, 5) is 33.3. The zero-order valence-electron chi connectivity index (χ0n) is 14.9. The number of hydrogen-bond donors (Lipinski definition) is 3. The summed E-state index contributed by atoms with van der Waals surface area (Å²) in [6.45, 7) is 3.01. The first-order chi connectivity index (χ1) is 10.7. The van der Waals surface area contributed by atoms with Crippen molar-refractivity contribution < 1.29 is 29.3 Å². The molecule has 1 amide bonds. The Labute approximate surface area is 190 Å². The van der Waals surface area contributed by atoms with Crippen LogP contribution in [0.3, 0.4) is 0 Å². The van der Waals surface area contributed by atoms with Crippen LogP contribution < -0.4 is 10.5 Å². The van der Waals surface area contributed by atoms with E-state index in [2.05, 4.69) is 0 Å². The number of carbonyl (C=O) groups excluding carboxylic acids is 1. The first kappa shape index (κ1) is 26.4. The Morgan fingerprint density at radius 1 is 1.04 bits per heavy atom. The molecule has 0 heterocycles. The van der Waals surface area contributed by atoms with E-state index in [1.165, 1.54) is 0 Å². The fourth-order valence-electron chi connectivity index (χ4n) is 2.07. The number of hydrogen-bond acceptors (Lipinski definition) is 4. The topological polar surface area (TPSA) is 127 Å². The third kappa shape index (κ3) is 8.89. The average molecular weight is 367 g/mol. The van der Waals surface area contributed by atoms with Crippen LogP contribution in [0, 0.1) is 5.92 Å². The maximum atomic E-state index is 11.4. The fraction of sp³-hybridized carbons (Fsp3) is 0.312. The summed E-state index contributed by atoms with van der Waals surface area (Å²) in [6.07, 6.45) is -0.0226. The molecule has 4 N–H and O–H groups in total. The van der Waals surface area contributed by atoms with Crippen LogP contribution in [0.25, 0.3) is 0 Å². The molecule has 1 aromatic rings. The molecule has 1 aromatic carbocycles. The van der Waals surface area contributed by atoms with Gasteiger partial charge in [0, 0.05) is 65.5 Å². The first-order valence-electron chi connectivity index (χ1n) is 6.92. The number of rotatable bonds is 8. The van der Waals surface area contributed by atoms with E-state index in [4.69, 9.17) is 10.5 Å². The van der Waals surface area contributed by atoms with Gasteiger partial charge in [-0.15, -0.1) is 0 Å². The summed E-state index contributed by atoms with van der Waals surface area (Å²) in [5.74, 6) is -3.11. The number of amides is 1. The Kier molecular flexibility index (Phi) is 13.2. The molecule has 0 spiro atoms. The van der Waals surface area contributed by atoms with Gasteiger partial charge in [0.25, 0.3) is 5.91 Å². The van der Waals surface area contributed by atoms with E-state index in [1.54, 1.807) is 38.1 Å². The monoisotopic (exact) mass is 367 g/mol. The predicted octanol–water partition coefficient (Wildman–Crippen LogP) is 0.453. The molecular weight excluding hydrogens is 348 g/mol. The molecule has 0 aromatic heterocycles. The molecule has 2 radical (unpaired) electrons. The molecule has 0 aliphatic carbocycles. The maximum Gasteiger partial charge on any atom is 0.332 e. The molecule has 0 aliphatic heterocycles. The molecular formula is C16H19NNa2O6. The van der Waals surface area contributed by atoms with Gasteiger partial charge in [0.2, 0.25) is 0 Å². The summed E-state index contributed by atoms with van der Waals surface area (Å²) in [7, 11) is 0. The van der Waals surface area contributed by atoms with E-state index in [0.717, 1.165) is 0 Å². The van der Waals surface area contributed by atoms with Gasteiger partial charge in [-0.2, -0.15) is 0 Å². The number of nitrogens with two attached hydrogens (primary N) is 1. The van der Waals surface area contributed by atoms with Gasteiger partial charge in [0.1, 0.15) is 5.75 Å². The van der Waals surface area contributed by atoms with Gasteiger partial charge in [-0.3, -0.25) is 4.79 Å². The molecule has 9 heteroatoms. The van der Waals surface area contributed by atoms with Crippen LogP contribution in [0.5, 0.6) is 5.75 Å². The zero-order valence-corrected chi connectivity index (χ0v) is 18.9. The van der Waals surface area contributed by atoms with E-state index in [9.17, 15) is 24.6 Å². The maximum absolute atomic E-state index is 11.4. The van der Waals surface area contributed by atoms with Gasteiger partial charge in [0.05, 0.1) is 11.1 Å². The number of carboxylic acid groups (broad SMARTS) is 2. The molecule has 7 nitrogen and oxygen atoms in total. The molecule has 0 bridgehead atoms. The minimum absolute atomic E-state index is 0. The van der Waals surface area contributed by atoms with Gasteiger partial charge >= 0.3 is 11.9 Å². The van der Waals surface area contributed by atoms with Crippen LogP contribution in [0.2, 0.25) is 0 Å². The summed E-state index contributed by atoms with van der Waals surface area (Å²) in [5, 5.41) is 18.5. The second kappa shape index (κ2) is 12.5. The predicted molar refractivity (Wildman–Crippen MR) is 93.5 cm³/mol. The van der Waals surface area contributed by atoms with Crippen molar-refractivity contribution in [2.45, 2.75) is 20.3 Å². The van der Waals surface area contributed by atoms with Gasteiger partial charge in [-0.1, -0.05) is 26.0 Å². The Morgan fingerprint density at radius 3 is 1.92 bits per heavy atom. The van der Waals surface area contributed by atoms with E-state index in [1.807, 2.05) is 0 Å². The summed E-state index contributed by atoms with van der Waals surface area (Å²) in [6, 6.07) is 6.35. The second-order valence-corrected chi connectivity index (χ2v) is 5.23. The number of carboxylic acids is 2. The van der Waals surface area contributed by atoms with Gasteiger partial charge in [-0.05, 0) is 23.6 Å². The molecule has 0 fully saturated rings. The van der Waals surface area contributed by atoms with Crippen LogP contribution in [-0.2, 0) is 20.8 Å². The van der Waals surface area contributed by atoms with Gasteiger partial charge in [0.15, 0.2) is 6.61 Å². The third-order valence-corrected chi connectivity index (χ3v) is 3.08. The zero-order chi connectivity index (χ0) is 17.6. The fourth-order valence-corrected chi connectivity index (χ4v) is 2.07.